The van der Waals surface area contributed by atoms with E-state index in [0.717, 1.165) is 6.42 Å². The Morgan fingerprint density at radius 1 is 0.938 bits per heavy atom. The Balaban J connectivity index is 1.98. The normalized spacial score (nSPS) is 10.9. The highest BCUT2D eigenvalue weighted by Crippen LogP contribution is 2.19. The second-order valence-corrected chi connectivity index (χ2v) is 5.74. The molecule has 1 heterocycles. The van der Waals surface area contributed by atoms with Crippen LogP contribution in [0.5, 0.6) is 0 Å². The van der Waals surface area contributed by atoms with Crippen LogP contribution in [0.1, 0.15) is 61.6 Å². The molecule has 16 heavy (non-hydrogen) atoms. The lowest BCUT2D eigenvalue weighted by atomic mass is 10.1. The van der Waals surface area contributed by atoms with E-state index in [4.69, 9.17) is 0 Å². The number of unbranched alkanes of at least 4 members (excludes halogenated alkanes) is 6. The third-order valence-corrected chi connectivity index (χ3v) is 4.20. The molecule has 0 bridgehead atoms. The van der Waals surface area contributed by atoms with Crippen LogP contribution >= 0.6 is 11.3 Å². The maximum atomic E-state index is 3.92. The Kier molecular flexibility index (Phi) is 7.58. The Hall–Kier alpha value is -0.300. The van der Waals surface area contributed by atoms with Crippen LogP contribution in [0, 0.1) is 6.92 Å². The van der Waals surface area contributed by atoms with Crippen LogP contribution in [0.3, 0.4) is 0 Å². The standard InChI is InChI=1S/C15H25S/c1-3-5-6-7-8-9-10-11-15-13-12-14(4-2)16-15/h12-13H,2-11H2,1H3. The average Bonchev–Trinajstić information content (AvgIpc) is 2.76. The van der Waals surface area contributed by atoms with Gasteiger partial charge in [-0.3, -0.25) is 0 Å². The summed E-state index contributed by atoms with van der Waals surface area (Å²) in [5, 5.41) is 0. The fourth-order valence-corrected chi connectivity index (χ4v) is 2.90. The van der Waals surface area contributed by atoms with E-state index in [1.807, 2.05) is 11.3 Å². The smallest absolute Gasteiger partial charge is 0.00481 e. The van der Waals surface area contributed by atoms with E-state index in [1.54, 1.807) is 4.88 Å². The molecule has 1 aromatic heterocycles. The fraction of sp³-hybridized carbons (Fsp3) is 0.667. The highest BCUT2D eigenvalue weighted by molar-refractivity contribution is 7.12. The molecule has 0 nitrogen and oxygen atoms in total. The first-order valence-electron chi connectivity index (χ1n) is 6.73. The summed E-state index contributed by atoms with van der Waals surface area (Å²) in [6, 6.07) is 4.51. The van der Waals surface area contributed by atoms with E-state index >= 15 is 0 Å². The van der Waals surface area contributed by atoms with Crippen LogP contribution in [-0.4, -0.2) is 0 Å². The van der Waals surface area contributed by atoms with Crippen LogP contribution in [0.25, 0.3) is 0 Å². The Morgan fingerprint density at radius 3 is 2.19 bits per heavy atom. The molecule has 0 saturated heterocycles. The molecule has 1 aromatic rings. The average molecular weight is 237 g/mol. The van der Waals surface area contributed by atoms with Crippen LogP contribution < -0.4 is 0 Å². The summed E-state index contributed by atoms with van der Waals surface area (Å²) in [6.45, 7) is 6.19. The van der Waals surface area contributed by atoms with Crippen molar-refractivity contribution >= 4 is 11.3 Å². The lowest BCUT2D eigenvalue weighted by molar-refractivity contribution is 0.590. The van der Waals surface area contributed by atoms with Crippen molar-refractivity contribution in [2.45, 2.75) is 64.7 Å². The van der Waals surface area contributed by atoms with Gasteiger partial charge < -0.3 is 0 Å². The number of aryl methyl sites for hydroxylation is 1. The van der Waals surface area contributed by atoms with Crippen LogP contribution in [0.15, 0.2) is 12.1 Å². The molecule has 0 aromatic carbocycles. The number of hydrogen-bond acceptors (Lipinski definition) is 1. The van der Waals surface area contributed by atoms with E-state index in [2.05, 4.69) is 26.0 Å². The second kappa shape index (κ2) is 8.81. The van der Waals surface area contributed by atoms with Gasteiger partial charge in [0.25, 0.3) is 0 Å². The SMILES string of the molecule is [CH2]Cc1ccc(CCCCCCCCC)s1. The zero-order chi connectivity index (χ0) is 11.6. The van der Waals surface area contributed by atoms with Gasteiger partial charge in [0.1, 0.15) is 0 Å². The molecule has 0 aliphatic carbocycles. The van der Waals surface area contributed by atoms with Crippen molar-refractivity contribution in [2.24, 2.45) is 0 Å². The Morgan fingerprint density at radius 2 is 1.56 bits per heavy atom. The maximum Gasteiger partial charge on any atom is 0.00481 e. The van der Waals surface area contributed by atoms with E-state index < -0.39 is 0 Å². The third-order valence-electron chi connectivity index (χ3n) is 2.99. The van der Waals surface area contributed by atoms with Gasteiger partial charge in [-0.25, -0.2) is 0 Å². The van der Waals surface area contributed by atoms with Crippen molar-refractivity contribution in [3.63, 3.8) is 0 Å². The number of thiophene rings is 1. The molecule has 0 aliphatic rings. The molecule has 0 fully saturated rings. The van der Waals surface area contributed by atoms with Crippen molar-refractivity contribution in [3.8, 4) is 0 Å². The van der Waals surface area contributed by atoms with E-state index in [-0.39, 0.29) is 0 Å². The van der Waals surface area contributed by atoms with Crippen molar-refractivity contribution in [1.29, 1.82) is 0 Å². The van der Waals surface area contributed by atoms with Gasteiger partial charge >= 0.3 is 0 Å². The molecular formula is C15H25S. The van der Waals surface area contributed by atoms with Gasteiger partial charge in [-0.05, 0) is 38.3 Å². The number of rotatable bonds is 9. The summed E-state index contributed by atoms with van der Waals surface area (Å²) < 4.78 is 0. The molecule has 0 spiro atoms. The van der Waals surface area contributed by atoms with Gasteiger partial charge in [-0.15, -0.1) is 11.3 Å². The molecule has 0 unspecified atom stereocenters. The first-order valence-corrected chi connectivity index (χ1v) is 7.55. The minimum Gasteiger partial charge on any atom is -0.145 e. The van der Waals surface area contributed by atoms with Gasteiger partial charge in [-0.1, -0.05) is 45.4 Å². The topological polar surface area (TPSA) is 0 Å². The zero-order valence-corrected chi connectivity index (χ0v) is 11.5. The number of hydrogen-bond donors (Lipinski definition) is 0. The van der Waals surface area contributed by atoms with Crippen LogP contribution in [0.4, 0.5) is 0 Å². The summed E-state index contributed by atoms with van der Waals surface area (Å²) in [6.07, 6.45) is 12.0. The van der Waals surface area contributed by atoms with Crippen molar-refractivity contribution in [2.75, 3.05) is 0 Å². The minimum atomic E-state index is 0.946. The molecule has 0 amide bonds. The van der Waals surface area contributed by atoms with E-state index in [0.29, 0.717) is 0 Å². The van der Waals surface area contributed by atoms with E-state index in [1.165, 1.54) is 56.2 Å². The van der Waals surface area contributed by atoms with Gasteiger partial charge in [-0.2, -0.15) is 0 Å². The molecule has 1 rings (SSSR count). The molecule has 0 N–H and O–H groups in total. The van der Waals surface area contributed by atoms with Gasteiger partial charge in [0.2, 0.25) is 0 Å². The van der Waals surface area contributed by atoms with Gasteiger partial charge in [0.05, 0.1) is 0 Å². The summed E-state index contributed by atoms with van der Waals surface area (Å²) in [4.78, 5) is 2.98. The van der Waals surface area contributed by atoms with Crippen LogP contribution in [0.2, 0.25) is 0 Å². The lowest BCUT2D eigenvalue weighted by Crippen LogP contribution is -1.83. The zero-order valence-electron chi connectivity index (χ0n) is 10.6. The highest BCUT2D eigenvalue weighted by Gasteiger charge is 1.98. The van der Waals surface area contributed by atoms with Crippen molar-refractivity contribution in [1.82, 2.24) is 0 Å². The Labute approximate surface area is 105 Å². The van der Waals surface area contributed by atoms with Crippen LogP contribution in [-0.2, 0) is 12.8 Å². The Bertz CT molecular complexity index is 262. The van der Waals surface area contributed by atoms with Crippen molar-refractivity contribution in [3.05, 3.63) is 28.8 Å². The van der Waals surface area contributed by atoms with E-state index in [9.17, 15) is 0 Å². The molecular weight excluding hydrogens is 212 g/mol. The summed E-state index contributed by atoms with van der Waals surface area (Å²) >= 11 is 1.94. The first-order chi connectivity index (χ1) is 7.86. The van der Waals surface area contributed by atoms with Gasteiger partial charge in [0.15, 0.2) is 0 Å². The first kappa shape index (κ1) is 13.8. The molecule has 1 radical (unpaired) electrons. The molecule has 0 atom stereocenters. The largest absolute Gasteiger partial charge is 0.145 e. The summed E-state index contributed by atoms with van der Waals surface area (Å²) in [5.74, 6) is 0. The summed E-state index contributed by atoms with van der Waals surface area (Å²) in [5.41, 5.74) is 0. The molecule has 0 aliphatic heterocycles. The second-order valence-electron chi connectivity index (χ2n) is 4.49. The molecule has 1 heteroatoms. The highest BCUT2D eigenvalue weighted by atomic mass is 32.1. The lowest BCUT2D eigenvalue weighted by Gasteiger charge is -2.00. The maximum absolute atomic E-state index is 3.92. The van der Waals surface area contributed by atoms with Crippen molar-refractivity contribution < 1.29 is 0 Å². The summed E-state index contributed by atoms with van der Waals surface area (Å²) in [7, 11) is 0. The fourth-order valence-electron chi connectivity index (χ4n) is 1.95. The molecule has 91 valence electrons. The molecule has 0 saturated carbocycles. The predicted octanol–water partition coefficient (Wildman–Crippen LogP) is 5.42. The quantitative estimate of drug-likeness (QED) is 0.503. The van der Waals surface area contributed by atoms with Gasteiger partial charge in [0, 0.05) is 9.75 Å². The monoisotopic (exact) mass is 237 g/mol. The predicted molar refractivity (Wildman–Crippen MR) is 75.1 cm³/mol. The minimum absolute atomic E-state index is 0.946. The third kappa shape index (κ3) is 5.69.